The van der Waals surface area contributed by atoms with Gasteiger partial charge in [0.05, 0.1) is 34.7 Å². The Morgan fingerprint density at radius 2 is 1.62 bits per heavy atom. The Bertz CT molecular complexity index is 1170. The lowest BCUT2D eigenvalue weighted by atomic mass is 10.0. The van der Waals surface area contributed by atoms with E-state index in [2.05, 4.69) is 15.7 Å². The van der Waals surface area contributed by atoms with E-state index >= 15 is 0 Å². The van der Waals surface area contributed by atoms with Crippen LogP contribution in [0.3, 0.4) is 0 Å². The summed E-state index contributed by atoms with van der Waals surface area (Å²) in [5.41, 5.74) is 1.20. The van der Waals surface area contributed by atoms with E-state index in [0.717, 1.165) is 24.3 Å². The molecule has 0 amide bonds. The average molecular weight is 489 g/mol. The van der Waals surface area contributed by atoms with Crippen molar-refractivity contribution >= 4 is 11.4 Å². The second-order valence-corrected chi connectivity index (χ2v) is 7.32. The normalized spacial score (nSPS) is 12.8. The molecule has 0 aliphatic heterocycles. The Labute approximate surface area is 188 Å². The molecule has 3 aromatic rings. The lowest BCUT2D eigenvalue weighted by Crippen LogP contribution is -2.08. The molecule has 3 rings (SSSR count). The van der Waals surface area contributed by atoms with Crippen molar-refractivity contribution in [3.8, 4) is 0 Å². The summed E-state index contributed by atoms with van der Waals surface area (Å²) in [5.74, 6) is 0.181. The number of rotatable bonds is 7. The van der Waals surface area contributed by atoms with Crippen molar-refractivity contribution in [1.82, 2.24) is 5.16 Å². The predicted molar refractivity (Wildman–Crippen MR) is 109 cm³/mol. The molecule has 0 aliphatic carbocycles. The Hall–Kier alpha value is -3.41. The van der Waals surface area contributed by atoms with Crippen molar-refractivity contribution in [2.45, 2.75) is 39.0 Å². The van der Waals surface area contributed by atoms with Crippen LogP contribution in [0.5, 0.6) is 0 Å². The van der Waals surface area contributed by atoms with Crippen LogP contribution in [0.2, 0.25) is 0 Å². The number of halogens is 7. The predicted octanol–water partition coefficient (Wildman–Crippen LogP) is 6.10. The lowest BCUT2D eigenvalue weighted by molar-refractivity contribution is -0.138. The van der Waals surface area contributed by atoms with Crippen LogP contribution < -0.4 is 5.43 Å². The van der Waals surface area contributed by atoms with Gasteiger partial charge in [-0.1, -0.05) is 17.3 Å². The lowest BCUT2D eigenvalue weighted by Gasteiger charge is -2.11. The van der Waals surface area contributed by atoms with Crippen molar-refractivity contribution < 1.29 is 40.4 Å². The van der Waals surface area contributed by atoms with E-state index in [1.807, 2.05) is 0 Å². The topological polar surface area (TPSA) is 70.7 Å². The zero-order valence-corrected chi connectivity index (χ0v) is 17.6. The number of hydrazone groups is 1. The van der Waals surface area contributed by atoms with Crippen LogP contribution in [-0.4, -0.2) is 16.0 Å². The standard InChI is InChI=1S/C22H18F7N3O2/c1-12(30-31-17-7-14(10-23)6-16(9-17)22(27,28)29)20-18(11-33)32-34-19(20)8-13-2-4-15(5-3-13)21(24,25)26/h2-7,9,31,33H,8,10-11H2,1H3/b30-12+. The summed E-state index contributed by atoms with van der Waals surface area (Å²) in [7, 11) is 0. The maximum Gasteiger partial charge on any atom is 0.416 e. The maximum atomic E-state index is 13.1. The van der Waals surface area contributed by atoms with Crippen LogP contribution in [0.1, 0.15) is 46.2 Å². The number of aliphatic hydroxyl groups excluding tert-OH is 1. The van der Waals surface area contributed by atoms with Crippen molar-refractivity contribution in [3.63, 3.8) is 0 Å². The SMILES string of the molecule is C/C(=N\Nc1cc(CF)cc(C(F)(F)F)c1)c1c(CO)noc1Cc1ccc(C(F)(F)F)cc1. The number of alkyl halides is 7. The van der Waals surface area contributed by atoms with E-state index in [1.54, 1.807) is 0 Å². The zero-order valence-electron chi connectivity index (χ0n) is 17.6. The van der Waals surface area contributed by atoms with E-state index in [-0.39, 0.29) is 40.4 Å². The number of nitrogens with one attached hydrogen (secondary N) is 1. The molecule has 12 heteroatoms. The Morgan fingerprint density at radius 1 is 0.971 bits per heavy atom. The van der Waals surface area contributed by atoms with Gasteiger partial charge in [0.2, 0.25) is 0 Å². The molecule has 0 atom stereocenters. The van der Waals surface area contributed by atoms with Crippen molar-refractivity contribution in [3.05, 3.63) is 81.7 Å². The van der Waals surface area contributed by atoms with Gasteiger partial charge in [0.25, 0.3) is 0 Å². The monoisotopic (exact) mass is 489 g/mol. The van der Waals surface area contributed by atoms with Crippen LogP contribution >= 0.6 is 0 Å². The molecule has 1 aromatic heterocycles. The molecule has 0 unspecified atom stereocenters. The molecule has 0 saturated heterocycles. The van der Waals surface area contributed by atoms with Crippen LogP contribution in [0.25, 0.3) is 0 Å². The molecule has 5 nitrogen and oxygen atoms in total. The van der Waals surface area contributed by atoms with Crippen LogP contribution in [-0.2, 0) is 32.1 Å². The number of hydrogen-bond donors (Lipinski definition) is 2. The van der Waals surface area contributed by atoms with E-state index in [0.29, 0.717) is 11.6 Å². The summed E-state index contributed by atoms with van der Waals surface area (Å²) in [6.45, 7) is -0.189. The number of hydrogen-bond acceptors (Lipinski definition) is 5. The van der Waals surface area contributed by atoms with Gasteiger partial charge >= 0.3 is 12.4 Å². The third-order valence-electron chi connectivity index (χ3n) is 4.82. The third-order valence-corrected chi connectivity index (χ3v) is 4.82. The molecule has 2 aromatic carbocycles. The van der Waals surface area contributed by atoms with Gasteiger partial charge in [-0.3, -0.25) is 5.43 Å². The van der Waals surface area contributed by atoms with Gasteiger partial charge in [-0.15, -0.1) is 0 Å². The van der Waals surface area contributed by atoms with Gasteiger partial charge in [-0.25, -0.2) is 4.39 Å². The van der Waals surface area contributed by atoms with Crippen LogP contribution in [0.4, 0.5) is 36.4 Å². The highest BCUT2D eigenvalue weighted by molar-refractivity contribution is 6.01. The molecule has 0 spiro atoms. The highest BCUT2D eigenvalue weighted by Crippen LogP contribution is 2.33. The Morgan fingerprint density at radius 3 is 2.18 bits per heavy atom. The highest BCUT2D eigenvalue weighted by atomic mass is 19.4. The molecule has 182 valence electrons. The number of benzene rings is 2. The highest BCUT2D eigenvalue weighted by Gasteiger charge is 2.31. The van der Waals surface area contributed by atoms with Crippen LogP contribution in [0.15, 0.2) is 52.1 Å². The van der Waals surface area contributed by atoms with Crippen molar-refractivity contribution in [2.24, 2.45) is 5.10 Å². The Balaban J connectivity index is 1.88. The molecule has 0 saturated carbocycles. The second-order valence-electron chi connectivity index (χ2n) is 7.32. The van der Waals surface area contributed by atoms with Gasteiger partial charge < -0.3 is 9.63 Å². The van der Waals surface area contributed by atoms with Gasteiger partial charge in [0, 0.05) is 6.42 Å². The fourth-order valence-corrected chi connectivity index (χ4v) is 3.20. The smallest absolute Gasteiger partial charge is 0.390 e. The van der Waals surface area contributed by atoms with E-state index in [9.17, 15) is 35.8 Å². The first-order valence-corrected chi connectivity index (χ1v) is 9.74. The molecular weight excluding hydrogens is 471 g/mol. The molecule has 2 N–H and O–H groups in total. The molecule has 34 heavy (non-hydrogen) atoms. The molecule has 0 bridgehead atoms. The largest absolute Gasteiger partial charge is 0.416 e. The zero-order chi connectivity index (χ0) is 25.1. The third kappa shape index (κ3) is 5.93. The Kier molecular flexibility index (Phi) is 7.29. The first-order valence-electron chi connectivity index (χ1n) is 9.74. The molecular formula is C22H18F7N3O2. The summed E-state index contributed by atoms with van der Waals surface area (Å²) in [5, 5.41) is 17.3. The van der Waals surface area contributed by atoms with Gasteiger partial charge in [-0.2, -0.15) is 31.4 Å². The first-order chi connectivity index (χ1) is 15.9. The molecule has 1 heterocycles. The van der Waals surface area contributed by atoms with E-state index < -0.39 is 36.8 Å². The second kappa shape index (κ2) is 9.84. The first kappa shape index (κ1) is 25.2. The van der Waals surface area contributed by atoms with E-state index in [4.69, 9.17) is 4.52 Å². The maximum absolute atomic E-state index is 13.1. The molecule has 0 fully saturated rings. The van der Waals surface area contributed by atoms with Gasteiger partial charge in [-0.05, 0) is 48.4 Å². The van der Waals surface area contributed by atoms with E-state index in [1.165, 1.54) is 19.1 Å². The van der Waals surface area contributed by atoms with Crippen molar-refractivity contribution in [1.29, 1.82) is 0 Å². The quantitative estimate of drug-likeness (QED) is 0.239. The number of aromatic nitrogens is 1. The minimum atomic E-state index is -4.69. The molecule has 0 aliphatic rings. The minimum absolute atomic E-state index is 0.0168. The minimum Gasteiger partial charge on any atom is -0.390 e. The number of nitrogens with zero attached hydrogens (tertiary/aromatic N) is 2. The summed E-state index contributed by atoms with van der Waals surface area (Å²) in [6, 6.07) is 6.97. The average Bonchev–Trinajstić information content (AvgIpc) is 3.19. The fraction of sp³-hybridized carbons (Fsp3) is 0.273. The molecule has 0 radical (unpaired) electrons. The fourth-order valence-electron chi connectivity index (χ4n) is 3.20. The summed E-state index contributed by atoms with van der Waals surface area (Å²) in [4.78, 5) is 0. The number of aliphatic hydroxyl groups is 1. The van der Waals surface area contributed by atoms with Crippen LogP contribution in [0, 0.1) is 0 Å². The summed E-state index contributed by atoms with van der Waals surface area (Å²) in [6.07, 6.45) is -9.16. The van der Waals surface area contributed by atoms with Gasteiger partial charge in [0.15, 0.2) is 5.76 Å². The summed E-state index contributed by atoms with van der Waals surface area (Å²) >= 11 is 0. The van der Waals surface area contributed by atoms with Gasteiger partial charge in [0.1, 0.15) is 12.4 Å². The van der Waals surface area contributed by atoms with Crippen molar-refractivity contribution in [2.75, 3.05) is 5.43 Å². The summed E-state index contributed by atoms with van der Waals surface area (Å²) < 4.78 is 95.7. The number of anilines is 1.